The molecular formula is C25H34O5. The molecule has 0 aliphatic carbocycles. The maximum atomic E-state index is 11.3. The van der Waals surface area contributed by atoms with E-state index in [1.165, 1.54) is 5.56 Å². The number of ketones is 1. The van der Waals surface area contributed by atoms with Crippen molar-refractivity contribution in [3.05, 3.63) is 71.8 Å². The maximum absolute atomic E-state index is 11.3. The summed E-state index contributed by atoms with van der Waals surface area (Å²) < 4.78 is 5.16. The third-order valence-corrected chi connectivity index (χ3v) is 4.15. The SMILES string of the molecule is CC.CCC(C)C(=O)OCCc1ccccc1.O=C(O)CCC(=O)c1ccccc1. The monoisotopic (exact) mass is 414 g/mol. The van der Waals surface area contributed by atoms with Crippen LogP contribution in [0.3, 0.4) is 0 Å². The summed E-state index contributed by atoms with van der Waals surface area (Å²) in [6.45, 7) is 8.36. The zero-order valence-electron chi connectivity index (χ0n) is 18.5. The normalized spacial score (nSPS) is 10.4. The summed E-state index contributed by atoms with van der Waals surface area (Å²) in [7, 11) is 0. The molecule has 2 aromatic rings. The average molecular weight is 415 g/mol. The quantitative estimate of drug-likeness (QED) is 0.428. The molecule has 1 atom stereocenters. The van der Waals surface area contributed by atoms with Crippen molar-refractivity contribution in [2.75, 3.05) is 6.61 Å². The molecule has 0 heterocycles. The van der Waals surface area contributed by atoms with Crippen LogP contribution < -0.4 is 0 Å². The van der Waals surface area contributed by atoms with Gasteiger partial charge in [-0.3, -0.25) is 14.4 Å². The van der Waals surface area contributed by atoms with Gasteiger partial charge in [-0.25, -0.2) is 0 Å². The first-order valence-corrected chi connectivity index (χ1v) is 10.4. The Balaban J connectivity index is 0.000000522. The minimum Gasteiger partial charge on any atom is -0.481 e. The smallest absolute Gasteiger partial charge is 0.308 e. The fraction of sp³-hybridized carbons (Fsp3) is 0.400. The lowest BCUT2D eigenvalue weighted by Gasteiger charge is -2.08. The maximum Gasteiger partial charge on any atom is 0.308 e. The average Bonchev–Trinajstić information content (AvgIpc) is 2.79. The minimum atomic E-state index is -0.940. The van der Waals surface area contributed by atoms with Gasteiger partial charge >= 0.3 is 11.9 Å². The van der Waals surface area contributed by atoms with Gasteiger partial charge in [-0.05, 0) is 12.0 Å². The predicted molar refractivity (Wildman–Crippen MR) is 120 cm³/mol. The zero-order valence-corrected chi connectivity index (χ0v) is 18.5. The Morgan fingerprint density at radius 1 is 0.900 bits per heavy atom. The van der Waals surface area contributed by atoms with Gasteiger partial charge in [0.2, 0.25) is 0 Å². The van der Waals surface area contributed by atoms with Crippen LogP contribution in [0.1, 0.15) is 62.9 Å². The number of ether oxygens (including phenoxy) is 1. The van der Waals surface area contributed by atoms with Crippen LogP contribution in [-0.2, 0) is 20.7 Å². The first kappa shape index (κ1) is 27.0. The molecular weight excluding hydrogens is 380 g/mol. The predicted octanol–water partition coefficient (Wildman–Crippen LogP) is 5.58. The van der Waals surface area contributed by atoms with E-state index < -0.39 is 5.97 Å². The minimum absolute atomic E-state index is 0.0146. The molecule has 0 aromatic heterocycles. The van der Waals surface area contributed by atoms with Gasteiger partial charge in [-0.1, -0.05) is 88.4 Å². The lowest BCUT2D eigenvalue weighted by Crippen LogP contribution is -2.15. The van der Waals surface area contributed by atoms with Crippen LogP contribution in [0.2, 0.25) is 0 Å². The Morgan fingerprint density at radius 2 is 1.43 bits per heavy atom. The lowest BCUT2D eigenvalue weighted by atomic mass is 10.1. The molecule has 2 aromatic carbocycles. The molecule has 0 spiro atoms. The van der Waals surface area contributed by atoms with E-state index >= 15 is 0 Å². The summed E-state index contributed by atoms with van der Waals surface area (Å²) >= 11 is 0. The van der Waals surface area contributed by atoms with Crippen molar-refractivity contribution < 1.29 is 24.2 Å². The fourth-order valence-electron chi connectivity index (χ4n) is 2.21. The Bertz CT molecular complexity index is 726. The Labute approximate surface area is 180 Å². The fourth-order valence-corrected chi connectivity index (χ4v) is 2.21. The molecule has 1 N–H and O–H groups in total. The molecule has 164 valence electrons. The van der Waals surface area contributed by atoms with Crippen molar-refractivity contribution in [1.82, 2.24) is 0 Å². The summed E-state index contributed by atoms with van der Waals surface area (Å²) in [5, 5.41) is 8.36. The molecule has 0 amide bonds. The lowest BCUT2D eigenvalue weighted by molar-refractivity contribution is -0.148. The molecule has 0 saturated carbocycles. The van der Waals surface area contributed by atoms with E-state index in [2.05, 4.69) is 0 Å². The number of carbonyl (C=O) groups excluding carboxylic acids is 2. The van der Waals surface area contributed by atoms with Crippen molar-refractivity contribution in [3.63, 3.8) is 0 Å². The van der Waals surface area contributed by atoms with Crippen molar-refractivity contribution in [1.29, 1.82) is 0 Å². The molecule has 0 bridgehead atoms. The number of hydrogen-bond donors (Lipinski definition) is 1. The third kappa shape index (κ3) is 12.5. The number of benzene rings is 2. The van der Waals surface area contributed by atoms with E-state index in [9.17, 15) is 14.4 Å². The van der Waals surface area contributed by atoms with Gasteiger partial charge in [-0.15, -0.1) is 0 Å². The van der Waals surface area contributed by atoms with Gasteiger partial charge < -0.3 is 9.84 Å². The van der Waals surface area contributed by atoms with Gasteiger partial charge in [0.1, 0.15) is 0 Å². The van der Waals surface area contributed by atoms with Crippen LogP contribution in [-0.4, -0.2) is 29.4 Å². The van der Waals surface area contributed by atoms with Gasteiger partial charge in [0, 0.05) is 18.4 Å². The van der Waals surface area contributed by atoms with Crippen LogP contribution in [0.25, 0.3) is 0 Å². The highest BCUT2D eigenvalue weighted by atomic mass is 16.5. The second-order valence-corrected chi connectivity index (χ2v) is 6.40. The molecule has 5 heteroatoms. The first-order chi connectivity index (χ1) is 14.4. The van der Waals surface area contributed by atoms with E-state index in [-0.39, 0.29) is 30.5 Å². The molecule has 5 nitrogen and oxygen atoms in total. The van der Waals surface area contributed by atoms with Crippen molar-refractivity contribution in [3.8, 4) is 0 Å². The summed E-state index contributed by atoms with van der Waals surface area (Å²) in [4.78, 5) is 32.8. The molecule has 0 aliphatic rings. The number of Topliss-reactive ketones (excluding diaryl/α,β-unsaturated/α-hetero) is 1. The second-order valence-electron chi connectivity index (χ2n) is 6.40. The molecule has 0 saturated heterocycles. The van der Waals surface area contributed by atoms with Crippen LogP contribution in [0.5, 0.6) is 0 Å². The van der Waals surface area contributed by atoms with E-state index in [1.807, 2.05) is 64.1 Å². The van der Waals surface area contributed by atoms with E-state index in [4.69, 9.17) is 9.84 Å². The summed E-state index contributed by atoms with van der Waals surface area (Å²) in [5.41, 5.74) is 1.78. The molecule has 2 rings (SSSR count). The van der Waals surface area contributed by atoms with Crippen LogP contribution >= 0.6 is 0 Å². The number of carboxylic acids is 1. The highest BCUT2D eigenvalue weighted by Gasteiger charge is 2.11. The summed E-state index contributed by atoms with van der Waals surface area (Å²) in [5.74, 6) is -1.14. The molecule has 30 heavy (non-hydrogen) atoms. The molecule has 0 fully saturated rings. The van der Waals surface area contributed by atoms with Crippen LogP contribution in [0.15, 0.2) is 60.7 Å². The van der Waals surface area contributed by atoms with Crippen molar-refractivity contribution in [2.45, 2.75) is 53.4 Å². The summed E-state index contributed by atoms with van der Waals surface area (Å²) in [6.07, 6.45) is 1.60. The highest BCUT2D eigenvalue weighted by Crippen LogP contribution is 2.05. The van der Waals surface area contributed by atoms with Crippen molar-refractivity contribution in [2.24, 2.45) is 5.92 Å². The molecule has 0 aliphatic heterocycles. The van der Waals surface area contributed by atoms with Gasteiger partial charge in [0.05, 0.1) is 18.9 Å². The molecule has 0 radical (unpaired) electrons. The number of esters is 1. The molecule has 1 unspecified atom stereocenters. The van der Waals surface area contributed by atoms with Gasteiger partial charge in [0.15, 0.2) is 5.78 Å². The number of rotatable bonds is 9. The number of hydrogen-bond acceptors (Lipinski definition) is 4. The Kier molecular flexibility index (Phi) is 15.3. The van der Waals surface area contributed by atoms with E-state index in [1.54, 1.807) is 24.3 Å². The topological polar surface area (TPSA) is 80.7 Å². The largest absolute Gasteiger partial charge is 0.481 e. The standard InChI is InChI=1S/C13H18O2.C10H10O3.C2H6/c1-3-11(2)13(14)15-10-9-12-7-5-4-6-8-12;11-9(6-7-10(12)13)8-4-2-1-3-5-8;1-2/h4-8,11H,3,9-10H2,1-2H3;1-5H,6-7H2,(H,12,13);1-2H3. The Morgan fingerprint density at radius 3 is 1.93 bits per heavy atom. The third-order valence-electron chi connectivity index (χ3n) is 4.15. The first-order valence-electron chi connectivity index (χ1n) is 10.4. The number of carboxylic acid groups (broad SMARTS) is 1. The highest BCUT2D eigenvalue weighted by molar-refractivity contribution is 5.97. The van der Waals surface area contributed by atoms with Crippen LogP contribution in [0.4, 0.5) is 0 Å². The summed E-state index contributed by atoms with van der Waals surface area (Å²) in [6, 6.07) is 18.7. The second kappa shape index (κ2) is 17.0. The van der Waals surface area contributed by atoms with Crippen molar-refractivity contribution >= 4 is 17.7 Å². The Hall–Kier alpha value is -2.95. The van der Waals surface area contributed by atoms with Gasteiger partial charge in [-0.2, -0.15) is 0 Å². The number of carbonyl (C=O) groups is 3. The number of aliphatic carboxylic acids is 1. The van der Waals surface area contributed by atoms with Crippen LogP contribution in [0, 0.1) is 5.92 Å². The van der Waals surface area contributed by atoms with E-state index in [0.29, 0.717) is 12.2 Å². The van der Waals surface area contributed by atoms with Gasteiger partial charge in [0.25, 0.3) is 0 Å². The zero-order chi connectivity index (χ0) is 22.8. The van der Waals surface area contributed by atoms with E-state index in [0.717, 1.165) is 12.8 Å².